The number of hydrogen-bond donors (Lipinski definition) is 1. The first-order valence-electron chi connectivity index (χ1n) is 8.37. The summed E-state index contributed by atoms with van der Waals surface area (Å²) in [6, 6.07) is 16.0. The second kappa shape index (κ2) is 6.40. The third-order valence-corrected chi connectivity index (χ3v) is 4.61. The van der Waals surface area contributed by atoms with Crippen LogP contribution in [-0.4, -0.2) is 15.9 Å². The lowest BCUT2D eigenvalue weighted by Crippen LogP contribution is -2.31. The minimum atomic E-state index is -0.143. The van der Waals surface area contributed by atoms with E-state index in [0.717, 1.165) is 41.6 Å². The molecule has 1 atom stereocenters. The van der Waals surface area contributed by atoms with Crippen LogP contribution in [0.2, 0.25) is 0 Å². The lowest BCUT2D eigenvalue weighted by Gasteiger charge is -2.23. The minimum absolute atomic E-state index is 0.0459. The molecule has 0 saturated carbocycles. The molecule has 0 spiro atoms. The summed E-state index contributed by atoms with van der Waals surface area (Å²) in [4.78, 5) is 21.7. The fraction of sp³-hybridized carbons (Fsp3) is 0.250. The third-order valence-electron chi connectivity index (χ3n) is 4.61. The number of aromatic nitrogens is 2. The largest absolute Gasteiger partial charge is 0.350 e. The highest BCUT2D eigenvalue weighted by atomic mass is 16.1. The van der Waals surface area contributed by atoms with Gasteiger partial charge in [0.25, 0.3) is 0 Å². The first kappa shape index (κ1) is 14.8. The maximum atomic E-state index is 12.6. The Morgan fingerprint density at radius 1 is 1.12 bits per heavy atom. The Kier molecular flexibility index (Phi) is 3.95. The predicted molar refractivity (Wildman–Crippen MR) is 93.5 cm³/mol. The van der Waals surface area contributed by atoms with Gasteiger partial charge in [0.2, 0.25) is 5.91 Å². The van der Waals surface area contributed by atoms with Gasteiger partial charge >= 0.3 is 0 Å². The van der Waals surface area contributed by atoms with Crippen molar-refractivity contribution < 1.29 is 4.79 Å². The zero-order valence-electron chi connectivity index (χ0n) is 13.4. The molecular formula is C20H19N3O. The van der Waals surface area contributed by atoms with Gasteiger partial charge < -0.3 is 5.32 Å². The molecule has 0 bridgehead atoms. The summed E-state index contributed by atoms with van der Waals surface area (Å²) in [5, 5.41) is 4.14. The van der Waals surface area contributed by atoms with Crippen molar-refractivity contribution in [3.63, 3.8) is 0 Å². The van der Waals surface area contributed by atoms with Crippen molar-refractivity contribution in [1.82, 2.24) is 15.3 Å². The molecule has 0 aliphatic heterocycles. The van der Waals surface area contributed by atoms with Crippen LogP contribution < -0.4 is 5.32 Å². The van der Waals surface area contributed by atoms with Gasteiger partial charge in [0.05, 0.1) is 29.4 Å². The maximum absolute atomic E-state index is 12.6. The van der Waals surface area contributed by atoms with Crippen LogP contribution in [0.5, 0.6) is 0 Å². The highest BCUT2D eigenvalue weighted by Gasteiger charge is 2.27. The van der Waals surface area contributed by atoms with Crippen molar-refractivity contribution in [3.8, 4) is 0 Å². The van der Waals surface area contributed by atoms with E-state index in [-0.39, 0.29) is 11.8 Å². The van der Waals surface area contributed by atoms with E-state index >= 15 is 0 Å². The molecule has 2 aromatic heterocycles. The molecular weight excluding hydrogens is 298 g/mol. The van der Waals surface area contributed by atoms with Gasteiger partial charge in [-0.15, -0.1) is 0 Å². The molecule has 1 aromatic carbocycles. The molecule has 120 valence electrons. The van der Waals surface area contributed by atoms with E-state index in [2.05, 4.69) is 21.4 Å². The molecule has 1 aliphatic carbocycles. The highest BCUT2D eigenvalue weighted by Crippen LogP contribution is 2.29. The zero-order chi connectivity index (χ0) is 16.4. The quantitative estimate of drug-likeness (QED) is 0.806. The summed E-state index contributed by atoms with van der Waals surface area (Å²) in [7, 11) is 0. The number of carbonyl (C=O) groups is 1. The van der Waals surface area contributed by atoms with E-state index in [9.17, 15) is 4.79 Å². The predicted octanol–water partition coefficient (Wildman–Crippen LogP) is 3.37. The van der Waals surface area contributed by atoms with Crippen LogP contribution in [0.25, 0.3) is 10.9 Å². The van der Waals surface area contributed by atoms with Crippen LogP contribution in [0.4, 0.5) is 0 Å². The molecule has 0 radical (unpaired) electrons. The molecule has 0 saturated heterocycles. The minimum Gasteiger partial charge on any atom is -0.350 e. The Hall–Kier alpha value is -2.75. The number of carbonyl (C=O) groups excluding carboxylic acids is 1. The summed E-state index contributed by atoms with van der Waals surface area (Å²) < 4.78 is 0. The van der Waals surface area contributed by atoms with Crippen molar-refractivity contribution in [2.24, 2.45) is 0 Å². The number of amides is 1. The monoisotopic (exact) mass is 317 g/mol. The van der Waals surface area contributed by atoms with Crippen LogP contribution >= 0.6 is 0 Å². The van der Waals surface area contributed by atoms with Crippen molar-refractivity contribution in [3.05, 3.63) is 71.7 Å². The molecule has 4 nitrogen and oxygen atoms in total. The molecule has 2 heterocycles. The molecule has 1 aliphatic rings. The van der Waals surface area contributed by atoms with Gasteiger partial charge in [-0.25, -0.2) is 0 Å². The molecule has 3 aromatic rings. The summed E-state index contributed by atoms with van der Waals surface area (Å²) in [5.74, 6) is -0.0972. The number of aryl methyl sites for hydroxylation is 1. The number of rotatable bonds is 3. The number of para-hydroxylation sites is 1. The SMILES string of the molecule is O=C(NCc1ccc2ccccc2n1)C1CCCc2cccnc21. The van der Waals surface area contributed by atoms with Crippen LogP contribution in [0.1, 0.15) is 35.7 Å². The Balaban J connectivity index is 1.48. The maximum Gasteiger partial charge on any atom is 0.229 e. The van der Waals surface area contributed by atoms with E-state index in [0.29, 0.717) is 6.54 Å². The van der Waals surface area contributed by atoms with Gasteiger partial charge in [-0.05, 0) is 43.0 Å². The van der Waals surface area contributed by atoms with Crippen molar-refractivity contribution in [1.29, 1.82) is 0 Å². The van der Waals surface area contributed by atoms with Gasteiger partial charge in [-0.3, -0.25) is 14.8 Å². The fourth-order valence-electron chi connectivity index (χ4n) is 3.37. The normalized spacial score (nSPS) is 16.6. The van der Waals surface area contributed by atoms with Crippen molar-refractivity contribution in [2.75, 3.05) is 0 Å². The fourth-order valence-corrected chi connectivity index (χ4v) is 3.37. The summed E-state index contributed by atoms with van der Waals surface area (Å²) in [5.41, 5.74) is 3.97. The van der Waals surface area contributed by atoms with E-state index in [1.54, 1.807) is 6.20 Å². The Bertz CT molecular complexity index is 891. The first-order chi connectivity index (χ1) is 11.8. The lowest BCUT2D eigenvalue weighted by atomic mass is 9.86. The van der Waals surface area contributed by atoms with Gasteiger partial charge in [0, 0.05) is 11.6 Å². The van der Waals surface area contributed by atoms with Gasteiger partial charge in [0.15, 0.2) is 0 Å². The van der Waals surface area contributed by atoms with E-state index in [1.165, 1.54) is 5.56 Å². The summed E-state index contributed by atoms with van der Waals surface area (Å²) in [6.45, 7) is 0.447. The smallest absolute Gasteiger partial charge is 0.229 e. The van der Waals surface area contributed by atoms with Gasteiger partial charge in [0.1, 0.15) is 0 Å². The summed E-state index contributed by atoms with van der Waals surface area (Å²) in [6.07, 6.45) is 4.68. The van der Waals surface area contributed by atoms with E-state index < -0.39 is 0 Å². The second-order valence-corrected chi connectivity index (χ2v) is 6.21. The van der Waals surface area contributed by atoms with Crippen LogP contribution in [0.15, 0.2) is 54.7 Å². The number of hydrogen-bond acceptors (Lipinski definition) is 3. The number of benzene rings is 1. The molecule has 24 heavy (non-hydrogen) atoms. The van der Waals surface area contributed by atoms with Gasteiger partial charge in [-0.2, -0.15) is 0 Å². The van der Waals surface area contributed by atoms with Crippen molar-refractivity contribution in [2.45, 2.75) is 31.7 Å². The van der Waals surface area contributed by atoms with Gasteiger partial charge in [-0.1, -0.05) is 30.3 Å². The molecule has 1 N–H and O–H groups in total. The number of fused-ring (bicyclic) bond motifs is 2. The average Bonchev–Trinajstić information content (AvgIpc) is 2.65. The number of pyridine rings is 2. The number of nitrogens with zero attached hydrogens (tertiary/aromatic N) is 2. The van der Waals surface area contributed by atoms with Crippen LogP contribution in [0, 0.1) is 0 Å². The topological polar surface area (TPSA) is 54.9 Å². The molecule has 1 amide bonds. The first-order valence-corrected chi connectivity index (χ1v) is 8.37. The standard InChI is InChI=1S/C20H19N3O/c24-20(17-8-3-6-15-7-4-12-21-19(15)17)22-13-16-11-10-14-5-1-2-9-18(14)23-16/h1-2,4-5,7,9-12,17H,3,6,8,13H2,(H,22,24). The second-order valence-electron chi connectivity index (χ2n) is 6.21. The molecule has 0 fully saturated rings. The van der Waals surface area contributed by atoms with E-state index in [4.69, 9.17) is 0 Å². The molecule has 4 rings (SSSR count). The summed E-state index contributed by atoms with van der Waals surface area (Å²) >= 11 is 0. The lowest BCUT2D eigenvalue weighted by molar-refractivity contribution is -0.123. The van der Waals surface area contributed by atoms with Crippen LogP contribution in [-0.2, 0) is 17.8 Å². The Labute approximate surface area is 141 Å². The Morgan fingerprint density at radius 2 is 2.04 bits per heavy atom. The Morgan fingerprint density at radius 3 is 3.00 bits per heavy atom. The number of nitrogens with one attached hydrogen (secondary N) is 1. The highest BCUT2D eigenvalue weighted by molar-refractivity contribution is 5.84. The zero-order valence-corrected chi connectivity index (χ0v) is 13.4. The van der Waals surface area contributed by atoms with E-state index in [1.807, 2.05) is 42.5 Å². The molecule has 4 heteroatoms. The van der Waals surface area contributed by atoms with Crippen molar-refractivity contribution >= 4 is 16.8 Å². The molecule has 1 unspecified atom stereocenters. The average molecular weight is 317 g/mol. The third kappa shape index (κ3) is 2.87. The van der Waals surface area contributed by atoms with Crippen LogP contribution in [0.3, 0.4) is 0 Å².